The largest absolute Gasteiger partial charge is 0.299 e. The summed E-state index contributed by atoms with van der Waals surface area (Å²) < 4.78 is 0. The van der Waals surface area contributed by atoms with Gasteiger partial charge in [-0.3, -0.25) is 4.90 Å². The lowest BCUT2D eigenvalue weighted by Gasteiger charge is -2.10. The molecule has 0 fully saturated rings. The van der Waals surface area contributed by atoms with Gasteiger partial charge in [-0.05, 0) is 51.6 Å². The average Bonchev–Trinajstić information content (AvgIpc) is 2.46. The van der Waals surface area contributed by atoms with Crippen molar-refractivity contribution in [2.45, 2.75) is 20.8 Å². The van der Waals surface area contributed by atoms with Crippen molar-refractivity contribution >= 4 is 6.08 Å². The van der Waals surface area contributed by atoms with E-state index in [1.54, 1.807) is 0 Å². The molecular weight excluding hydrogens is 268 g/mol. The Kier molecular flexibility index (Phi) is 7.17. The minimum atomic E-state index is 0.0556. The fourth-order valence-electron chi connectivity index (χ4n) is 1.66. The Morgan fingerprint density at radius 1 is 1.09 bits per heavy atom. The predicted octanol–water partition coefficient (Wildman–Crippen LogP) is 4.11. The maximum Gasteiger partial charge on any atom is 0.0991 e. The first-order valence-corrected chi connectivity index (χ1v) is 7.44. The Labute approximate surface area is 134 Å². The number of hydrogen-bond acceptors (Lipinski definition) is 2. The van der Waals surface area contributed by atoms with E-state index in [9.17, 15) is 0 Å². The molecule has 0 aliphatic carbocycles. The van der Waals surface area contributed by atoms with Crippen molar-refractivity contribution < 1.29 is 0 Å². The number of nitriles is 1. The van der Waals surface area contributed by atoms with Gasteiger partial charge in [0.25, 0.3) is 0 Å². The Hall–Kier alpha value is -2.29. The maximum absolute atomic E-state index is 8.75. The molecule has 0 aliphatic rings. The van der Waals surface area contributed by atoms with Gasteiger partial charge in [-0.1, -0.05) is 42.2 Å². The number of nitrogens with zero attached hydrogens (tertiary/aromatic N) is 2. The van der Waals surface area contributed by atoms with Gasteiger partial charge >= 0.3 is 0 Å². The minimum Gasteiger partial charge on any atom is -0.299 e. The van der Waals surface area contributed by atoms with Crippen LogP contribution in [0.2, 0.25) is 0 Å². The quantitative estimate of drug-likeness (QED) is 0.764. The Bertz CT molecular complexity index is 611. The van der Waals surface area contributed by atoms with Gasteiger partial charge in [0.05, 0.1) is 11.6 Å². The second-order valence-corrected chi connectivity index (χ2v) is 6.28. The van der Waals surface area contributed by atoms with E-state index in [0.717, 1.165) is 18.7 Å². The molecule has 0 atom stereocenters. The third-order valence-electron chi connectivity index (χ3n) is 2.83. The van der Waals surface area contributed by atoms with E-state index < -0.39 is 0 Å². The van der Waals surface area contributed by atoms with Crippen LogP contribution in [0.4, 0.5) is 0 Å². The molecule has 1 rings (SSSR count). The highest BCUT2D eigenvalue weighted by atomic mass is 15.1. The van der Waals surface area contributed by atoms with Crippen molar-refractivity contribution in [3.63, 3.8) is 0 Å². The van der Waals surface area contributed by atoms with Crippen molar-refractivity contribution in [1.29, 1.82) is 5.26 Å². The first kappa shape index (κ1) is 17.8. The topological polar surface area (TPSA) is 27.0 Å². The minimum absolute atomic E-state index is 0.0556. The molecule has 0 saturated heterocycles. The van der Waals surface area contributed by atoms with Gasteiger partial charge in [-0.25, -0.2) is 0 Å². The van der Waals surface area contributed by atoms with Crippen molar-refractivity contribution in [3.8, 4) is 17.9 Å². The van der Waals surface area contributed by atoms with E-state index in [4.69, 9.17) is 5.26 Å². The lowest BCUT2D eigenvalue weighted by atomic mass is 9.98. The third-order valence-corrected chi connectivity index (χ3v) is 2.83. The van der Waals surface area contributed by atoms with Gasteiger partial charge in [-0.2, -0.15) is 5.26 Å². The van der Waals surface area contributed by atoms with Crippen LogP contribution in [-0.4, -0.2) is 25.0 Å². The van der Waals surface area contributed by atoms with E-state index in [1.807, 2.05) is 30.3 Å². The van der Waals surface area contributed by atoms with Gasteiger partial charge in [0.1, 0.15) is 0 Å². The number of likely N-dealkylation sites (N-methyl/N-ethyl adjacent to an activating group) is 1. The highest BCUT2D eigenvalue weighted by Crippen LogP contribution is 2.09. The molecule has 0 bridgehead atoms. The normalized spacial score (nSPS) is 11.6. The first-order valence-electron chi connectivity index (χ1n) is 7.44. The van der Waals surface area contributed by atoms with Crippen LogP contribution in [-0.2, 0) is 0 Å². The van der Waals surface area contributed by atoms with Gasteiger partial charge in [-0.15, -0.1) is 0 Å². The highest BCUT2D eigenvalue weighted by Gasteiger charge is 2.02. The number of allylic oxidation sites excluding steroid dienone is 1. The van der Waals surface area contributed by atoms with Crippen LogP contribution in [0, 0.1) is 28.6 Å². The second-order valence-electron chi connectivity index (χ2n) is 6.28. The SMILES string of the molecule is CN(CC=CC#CC(C)(C)C)CC=Cc1ccc(C#N)cc1. The summed E-state index contributed by atoms with van der Waals surface area (Å²) in [5.74, 6) is 6.25. The van der Waals surface area contributed by atoms with Crippen LogP contribution in [0.1, 0.15) is 31.9 Å². The Morgan fingerprint density at radius 3 is 2.32 bits per heavy atom. The molecule has 1 aromatic rings. The Balaban J connectivity index is 2.37. The molecule has 0 N–H and O–H groups in total. The molecule has 0 heterocycles. The highest BCUT2D eigenvalue weighted by molar-refractivity contribution is 5.51. The molecule has 0 amide bonds. The zero-order chi connectivity index (χ0) is 16.4. The van der Waals surface area contributed by atoms with E-state index in [0.29, 0.717) is 5.56 Å². The van der Waals surface area contributed by atoms with Crippen LogP contribution < -0.4 is 0 Å². The van der Waals surface area contributed by atoms with E-state index >= 15 is 0 Å². The molecule has 2 nitrogen and oxygen atoms in total. The average molecular weight is 292 g/mol. The third kappa shape index (κ3) is 8.10. The van der Waals surface area contributed by atoms with E-state index in [1.165, 1.54) is 0 Å². The summed E-state index contributed by atoms with van der Waals surface area (Å²) in [5.41, 5.74) is 1.86. The molecular formula is C20H24N2. The second kappa shape index (κ2) is 8.88. The zero-order valence-corrected chi connectivity index (χ0v) is 13.9. The fourth-order valence-corrected chi connectivity index (χ4v) is 1.66. The standard InChI is InChI=1S/C20H24N2/c1-20(2,3)14-6-5-7-15-22(4)16-8-9-18-10-12-19(17-21)13-11-18/h5,7-13H,15-16H2,1-4H3. The van der Waals surface area contributed by atoms with E-state index in [-0.39, 0.29) is 5.41 Å². The summed E-state index contributed by atoms with van der Waals surface area (Å²) in [6.45, 7) is 8.06. The van der Waals surface area contributed by atoms with Crippen LogP contribution in [0.3, 0.4) is 0 Å². The lowest BCUT2D eigenvalue weighted by molar-refractivity contribution is 0.413. The molecule has 0 aliphatic heterocycles. The van der Waals surface area contributed by atoms with Gasteiger partial charge in [0, 0.05) is 18.5 Å². The number of rotatable bonds is 5. The molecule has 22 heavy (non-hydrogen) atoms. The fraction of sp³-hybridized carbons (Fsp3) is 0.350. The van der Waals surface area contributed by atoms with Crippen LogP contribution in [0.5, 0.6) is 0 Å². The summed E-state index contributed by atoms with van der Waals surface area (Å²) >= 11 is 0. The molecule has 0 radical (unpaired) electrons. The van der Waals surface area contributed by atoms with E-state index in [2.05, 4.69) is 68.9 Å². The first-order chi connectivity index (χ1) is 10.4. The van der Waals surface area contributed by atoms with Crippen LogP contribution >= 0.6 is 0 Å². The molecule has 0 unspecified atom stereocenters. The predicted molar refractivity (Wildman–Crippen MR) is 94.1 cm³/mol. The molecule has 114 valence electrons. The smallest absolute Gasteiger partial charge is 0.0991 e. The van der Waals surface area contributed by atoms with Crippen molar-refractivity contribution in [1.82, 2.24) is 4.90 Å². The summed E-state index contributed by atoms with van der Waals surface area (Å²) in [7, 11) is 2.07. The summed E-state index contributed by atoms with van der Waals surface area (Å²) in [6, 6.07) is 9.70. The van der Waals surface area contributed by atoms with Gasteiger partial charge < -0.3 is 0 Å². The number of benzene rings is 1. The maximum atomic E-state index is 8.75. The molecule has 0 saturated carbocycles. The van der Waals surface area contributed by atoms with Crippen molar-refractivity contribution in [2.75, 3.05) is 20.1 Å². The summed E-state index contributed by atoms with van der Waals surface area (Å²) in [5, 5.41) is 8.75. The van der Waals surface area contributed by atoms with Gasteiger partial charge in [0.2, 0.25) is 0 Å². The van der Waals surface area contributed by atoms with Crippen molar-refractivity contribution in [3.05, 3.63) is 53.6 Å². The summed E-state index contributed by atoms with van der Waals surface area (Å²) in [6.07, 6.45) is 8.19. The lowest BCUT2D eigenvalue weighted by Crippen LogP contribution is -2.17. The molecule has 0 spiro atoms. The molecule has 2 heteroatoms. The monoisotopic (exact) mass is 292 g/mol. The molecule has 1 aromatic carbocycles. The van der Waals surface area contributed by atoms with Gasteiger partial charge in [0.15, 0.2) is 0 Å². The van der Waals surface area contributed by atoms with Crippen LogP contribution in [0.15, 0.2) is 42.5 Å². The summed E-state index contributed by atoms with van der Waals surface area (Å²) in [4.78, 5) is 2.20. The molecule has 0 aromatic heterocycles. The zero-order valence-electron chi connectivity index (χ0n) is 13.9. The Morgan fingerprint density at radius 2 is 1.73 bits per heavy atom. The van der Waals surface area contributed by atoms with Crippen LogP contribution in [0.25, 0.3) is 6.08 Å². The van der Waals surface area contributed by atoms with Crippen molar-refractivity contribution in [2.24, 2.45) is 5.41 Å². The number of hydrogen-bond donors (Lipinski definition) is 0.